The standard InChI is InChI=1S/C13H15NO5/c15-12(14-6-7-2-1-5-18-7)10-8-3-4-9(19-8)11(10)13(16)17/h1-2,5,8-11H,3-4,6H2,(H,14,15)(H,16,17). The molecule has 0 aromatic carbocycles. The number of ether oxygens (including phenoxy) is 1. The van der Waals surface area contributed by atoms with Crippen LogP contribution in [0, 0.1) is 11.8 Å². The molecule has 2 N–H and O–H groups in total. The Kier molecular flexibility index (Phi) is 3.02. The molecule has 6 heteroatoms. The number of fused-ring (bicyclic) bond motifs is 2. The van der Waals surface area contributed by atoms with E-state index in [0.29, 0.717) is 5.76 Å². The minimum absolute atomic E-state index is 0.261. The number of carboxylic acid groups (broad SMARTS) is 1. The van der Waals surface area contributed by atoms with Crippen LogP contribution in [0.3, 0.4) is 0 Å². The van der Waals surface area contributed by atoms with Crippen molar-refractivity contribution in [3.63, 3.8) is 0 Å². The summed E-state index contributed by atoms with van der Waals surface area (Å²) in [6, 6.07) is 3.49. The predicted octanol–water partition coefficient (Wildman–Crippen LogP) is 0.774. The number of rotatable bonds is 4. The van der Waals surface area contributed by atoms with Gasteiger partial charge in [-0.05, 0) is 25.0 Å². The van der Waals surface area contributed by atoms with Gasteiger partial charge in [0.1, 0.15) is 5.76 Å². The minimum Gasteiger partial charge on any atom is -0.481 e. The fraction of sp³-hybridized carbons (Fsp3) is 0.538. The van der Waals surface area contributed by atoms with Crippen molar-refractivity contribution in [2.75, 3.05) is 0 Å². The van der Waals surface area contributed by atoms with Crippen LogP contribution in [0.1, 0.15) is 18.6 Å². The van der Waals surface area contributed by atoms with Gasteiger partial charge in [0.25, 0.3) is 0 Å². The molecule has 19 heavy (non-hydrogen) atoms. The largest absolute Gasteiger partial charge is 0.481 e. The van der Waals surface area contributed by atoms with E-state index in [9.17, 15) is 14.7 Å². The summed E-state index contributed by atoms with van der Waals surface area (Å²) in [5, 5.41) is 11.9. The number of nitrogens with one attached hydrogen (secondary N) is 1. The Morgan fingerprint density at radius 3 is 2.68 bits per heavy atom. The first-order chi connectivity index (χ1) is 9.16. The van der Waals surface area contributed by atoms with E-state index >= 15 is 0 Å². The monoisotopic (exact) mass is 265 g/mol. The molecule has 0 saturated carbocycles. The molecule has 4 atom stereocenters. The first-order valence-electron chi connectivity index (χ1n) is 6.35. The topological polar surface area (TPSA) is 88.8 Å². The van der Waals surface area contributed by atoms with Crippen molar-refractivity contribution in [2.24, 2.45) is 11.8 Å². The molecule has 1 aromatic heterocycles. The Morgan fingerprint density at radius 1 is 1.32 bits per heavy atom. The molecule has 2 fully saturated rings. The van der Waals surface area contributed by atoms with Gasteiger partial charge in [-0.25, -0.2) is 0 Å². The Morgan fingerprint density at radius 2 is 2.05 bits per heavy atom. The molecule has 2 bridgehead atoms. The second-order valence-corrected chi connectivity index (χ2v) is 4.98. The van der Waals surface area contributed by atoms with E-state index < -0.39 is 17.8 Å². The molecule has 3 rings (SSSR count). The molecular weight excluding hydrogens is 250 g/mol. The third kappa shape index (κ3) is 2.12. The molecule has 0 aliphatic carbocycles. The maximum Gasteiger partial charge on any atom is 0.310 e. The number of amides is 1. The van der Waals surface area contributed by atoms with Crippen LogP contribution in [-0.4, -0.2) is 29.2 Å². The van der Waals surface area contributed by atoms with Crippen LogP contribution in [0.5, 0.6) is 0 Å². The van der Waals surface area contributed by atoms with E-state index in [2.05, 4.69) is 5.32 Å². The summed E-state index contributed by atoms with van der Waals surface area (Å²) in [4.78, 5) is 23.4. The Bertz CT molecular complexity index is 483. The fourth-order valence-electron chi connectivity index (χ4n) is 3.03. The molecule has 1 aromatic rings. The summed E-state index contributed by atoms with van der Waals surface area (Å²) in [5.41, 5.74) is 0. The van der Waals surface area contributed by atoms with Gasteiger partial charge in [0.05, 0.1) is 36.9 Å². The van der Waals surface area contributed by atoms with Crippen molar-refractivity contribution in [1.29, 1.82) is 0 Å². The third-order valence-corrected chi connectivity index (χ3v) is 3.88. The van der Waals surface area contributed by atoms with Crippen LogP contribution in [-0.2, 0) is 20.9 Å². The van der Waals surface area contributed by atoms with Gasteiger partial charge in [-0.2, -0.15) is 0 Å². The van der Waals surface area contributed by atoms with Crippen molar-refractivity contribution in [1.82, 2.24) is 5.32 Å². The average molecular weight is 265 g/mol. The molecule has 0 spiro atoms. The zero-order chi connectivity index (χ0) is 13.4. The molecule has 4 unspecified atom stereocenters. The molecule has 6 nitrogen and oxygen atoms in total. The zero-order valence-corrected chi connectivity index (χ0v) is 10.2. The molecule has 2 aliphatic heterocycles. The van der Waals surface area contributed by atoms with Gasteiger partial charge in [-0.3, -0.25) is 9.59 Å². The highest BCUT2D eigenvalue weighted by atomic mass is 16.5. The van der Waals surface area contributed by atoms with Crippen molar-refractivity contribution in [3.05, 3.63) is 24.2 Å². The van der Waals surface area contributed by atoms with Gasteiger partial charge in [0, 0.05) is 0 Å². The average Bonchev–Trinajstić information content (AvgIpc) is 3.10. The SMILES string of the molecule is O=C(O)C1C2CCC(O2)C1C(=O)NCc1ccco1. The van der Waals surface area contributed by atoms with Crippen molar-refractivity contribution < 1.29 is 23.8 Å². The van der Waals surface area contributed by atoms with E-state index in [1.807, 2.05) is 0 Å². The second kappa shape index (κ2) is 4.70. The molecule has 102 valence electrons. The lowest BCUT2D eigenvalue weighted by atomic mass is 9.79. The van der Waals surface area contributed by atoms with Crippen LogP contribution in [0.25, 0.3) is 0 Å². The fourth-order valence-corrected chi connectivity index (χ4v) is 3.03. The Hall–Kier alpha value is -1.82. The second-order valence-electron chi connectivity index (χ2n) is 4.98. The Balaban J connectivity index is 1.66. The zero-order valence-electron chi connectivity index (χ0n) is 10.2. The van der Waals surface area contributed by atoms with Crippen molar-refractivity contribution in [3.8, 4) is 0 Å². The predicted molar refractivity (Wildman–Crippen MR) is 63.1 cm³/mol. The lowest BCUT2D eigenvalue weighted by molar-refractivity contribution is -0.147. The molecule has 0 radical (unpaired) electrons. The minimum atomic E-state index is -0.953. The number of furan rings is 1. The van der Waals surface area contributed by atoms with Crippen molar-refractivity contribution >= 4 is 11.9 Å². The number of carbonyl (C=O) groups excluding carboxylic acids is 1. The summed E-state index contributed by atoms with van der Waals surface area (Å²) in [7, 11) is 0. The van der Waals surface area contributed by atoms with Crippen LogP contribution in [0.2, 0.25) is 0 Å². The first-order valence-corrected chi connectivity index (χ1v) is 6.35. The molecule has 2 aliphatic rings. The summed E-state index contributed by atoms with van der Waals surface area (Å²) in [6.45, 7) is 0.270. The van der Waals surface area contributed by atoms with Crippen molar-refractivity contribution in [2.45, 2.75) is 31.6 Å². The number of aliphatic carboxylic acids is 1. The lowest BCUT2D eigenvalue weighted by Crippen LogP contribution is -2.43. The number of carboxylic acids is 1. The summed E-state index contributed by atoms with van der Waals surface area (Å²) in [6.07, 6.45) is 2.43. The first kappa shape index (κ1) is 12.2. The number of carbonyl (C=O) groups is 2. The summed E-state index contributed by atoms with van der Waals surface area (Å²) < 4.78 is 10.7. The third-order valence-electron chi connectivity index (χ3n) is 3.88. The lowest BCUT2D eigenvalue weighted by Gasteiger charge is -2.23. The molecular formula is C13H15NO5. The molecule has 3 heterocycles. The van der Waals surface area contributed by atoms with Crippen LogP contribution in [0.15, 0.2) is 22.8 Å². The maximum atomic E-state index is 12.1. The van der Waals surface area contributed by atoms with E-state index in [-0.39, 0.29) is 24.7 Å². The number of hydrogen-bond donors (Lipinski definition) is 2. The summed E-state index contributed by atoms with van der Waals surface area (Å²) in [5.74, 6) is -1.90. The normalized spacial score (nSPS) is 32.4. The van der Waals surface area contributed by atoms with Crippen LogP contribution < -0.4 is 5.32 Å². The van der Waals surface area contributed by atoms with Gasteiger partial charge in [0.2, 0.25) is 5.91 Å². The van der Waals surface area contributed by atoms with E-state index in [4.69, 9.17) is 9.15 Å². The van der Waals surface area contributed by atoms with Crippen LogP contribution in [0.4, 0.5) is 0 Å². The van der Waals surface area contributed by atoms with E-state index in [1.54, 1.807) is 12.1 Å². The molecule has 2 saturated heterocycles. The highest BCUT2D eigenvalue weighted by molar-refractivity contribution is 5.86. The van der Waals surface area contributed by atoms with Gasteiger partial charge in [-0.15, -0.1) is 0 Å². The smallest absolute Gasteiger partial charge is 0.310 e. The highest BCUT2D eigenvalue weighted by Gasteiger charge is 2.55. The van der Waals surface area contributed by atoms with Crippen LogP contribution >= 0.6 is 0 Å². The Labute approximate surface area is 109 Å². The van der Waals surface area contributed by atoms with E-state index in [0.717, 1.165) is 12.8 Å². The number of hydrogen-bond acceptors (Lipinski definition) is 4. The van der Waals surface area contributed by atoms with E-state index in [1.165, 1.54) is 6.26 Å². The molecule has 1 amide bonds. The van der Waals surface area contributed by atoms with Gasteiger partial charge in [-0.1, -0.05) is 0 Å². The highest BCUT2D eigenvalue weighted by Crippen LogP contribution is 2.43. The summed E-state index contributed by atoms with van der Waals surface area (Å²) >= 11 is 0. The maximum absolute atomic E-state index is 12.1. The van der Waals surface area contributed by atoms with Gasteiger partial charge >= 0.3 is 5.97 Å². The van der Waals surface area contributed by atoms with Gasteiger partial charge in [0.15, 0.2) is 0 Å². The quantitative estimate of drug-likeness (QED) is 0.839. The van der Waals surface area contributed by atoms with Gasteiger partial charge < -0.3 is 19.6 Å².